The van der Waals surface area contributed by atoms with Crippen molar-refractivity contribution < 1.29 is 13.3 Å². The van der Waals surface area contributed by atoms with Crippen molar-refractivity contribution in [2.45, 2.75) is 45.7 Å². The van der Waals surface area contributed by atoms with Crippen LogP contribution in [0.5, 0.6) is 0 Å². The van der Waals surface area contributed by atoms with E-state index in [0.29, 0.717) is 26.4 Å². The van der Waals surface area contributed by atoms with Gasteiger partial charge in [-0.3, -0.25) is 0 Å². The van der Waals surface area contributed by atoms with Crippen LogP contribution in [0.25, 0.3) is 0 Å². The van der Waals surface area contributed by atoms with E-state index in [1.165, 1.54) is 0 Å². The van der Waals surface area contributed by atoms with Crippen LogP contribution in [0.2, 0.25) is 6.04 Å². The second-order valence-corrected chi connectivity index (χ2v) is 7.36. The fraction of sp³-hybridized carbons (Fsp3) is 1.00. The molecule has 1 atom stereocenters. The molecule has 0 heterocycles. The van der Waals surface area contributed by atoms with Gasteiger partial charge in [0.05, 0.1) is 0 Å². The molecule has 1 unspecified atom stereocenters. The van der Waals surface area contributed by atoms with E-state index >= 15 is 0 Å². The van der Waals surface area contributed by atoms with Crippen molar-refractivity contribution in [1.82, 2.24) is 5.32 Å². The normalized spacial score (nSPS) is 13.7. The lowest BCUT2D eigenvalue weighted by molar-refractivity contribution is 0.0708. The molecule has 0 aromatic carbocycles. The molecule has 0 aliphatic carbocycles. The summed E-state index contributed by atoms with van der Waals surface area (Å²) in [7, 11) is -2.48. The van der Waals surface area contributed by atoms with E-state index in [-0.39, 0.29) is 6.04 Å². The highest BCUT2D eigenvalue weighted by Crippen LogP contribution is 2.17. The van der Waals surface area contributed by atoms with E-state index in [1.54, 1.807) is 0 Å². The first-order valence-electron chi connectivity index (χ1n) is 7.72. The predicted octanol–water partition coefficient (Wildman–Crippen LogP) is 0.691. The van der Waals surface area contributed by atoms with E-state index in [0.717, 1.165) is 32.0 Å². The van der Waals surface area contributed by atoms with Crippen LogP contribution in [0.1, 0.15) is 33.6 Å². The Labute approximate surface area is 124 Å². The Morgan fingerprint density at radius 3 is 2.05 bits per heavy atom. The molecule has 0 aliphatic heterocycles. The fourth-order valence-electron chi connectivity index (χ4n) is 2.03. The van der Waals surface area contributed by atoms with E-state index in [9.17, 15) is 0 Å². The second kappa shape index (κ2) is 12.7. The molecule has 0 aromatic rings. The molecule has 0 spiro atoms. The molecule has 6 nitrogen and oxygen atoms in total. The van der Waals surface area contributed by atoms with Gasteiger partial charge < -0.3 is 30.1 Å². The van der Waals surface area contributed by atoms with Crippen molar-refractivity contribution in [1.29, 1.82) is 0 Å². The van der Waals surface area contributed by atoms with Gasteiger partial charge in [0.15, 0.2) is 0 Å². The zero-order valence-corrected chi connectivity index (χ0v) is 14.3. The van der Waals surface area contributed by atoms with Crippen LogP contribution in [0.4, 0.5) is 0 Å². The summed E-state index contributed by atoms with van der Waals surface area (Å²) in [4.78, 5) is 0. The molecule has 0 rings (SSSR count). The molecule has 0 saturated carbocycles. The molecule has 5 N–H and O–H groups in total. The lowest BCUT2D eigenvalue weighted by atomic mass is 10.2. The van der Waals surface area contributed by atoms with Crippen LogP contribution in [0.15, 0.2) is 0 Å². The summed E-state index contributed by atoms with van der Waals surface area (Å²) in [6.07, 6.45) is 1.81. The topological polar surface area (TPSA) is 91.8 Å². The summed E-state index contributed by atoms with van der Waals surface area (Å²) in [5.74, 6) is 0. The minimum absolute atomic E-state index is 0.132. The molecule has 0 aromatic heterocycles. The maximum atomic E-state index is 5.89. The Hall–Kier alpha value is -0.0231. The molecule has 0 radical (unpaired) electrons. The van der Waals surface area contributed by atoms with Gasteiger partial charge in [-0.2, -0.15) is 0 Å². The molecule has 122 valence electrons. The Bertz CT molecular complexity index is 206. The molecular weight excluding hydrogens is 274 g/mol. The molecular formula is C13H33N3O3Si. The Morgan fingerprint density at radius 1 is 1.05 bits per heavy atom. The van der Waals surface area contributed by atoms with E-state index in [4.69, 9.17) is 24.7 Å². The van der Waals surface area contributed by atoms with Crippen LogP contribution >= 0.6 is 0 Å². The van der Waals surface area contributed by atoms with Gasteiger partial charge in [0.25, 0.3) is 0 Å². The summed E-state index contributed by atoms with van der Waals surface area (Å²) in [6, 6.07) is 0.967. The average Bonchev–Trinajstić information content (AvgIpc) is 2.39. The molecule has 0 fully saturated rings. The molecule has 0 amide bonds. The van der Waals surface area contributed by atoms with Crippen molar-refractivity contribution in [2.75, 3.05) is 39.5 Å². The van der Waals surface area contributed by atoms with Crippen molar-refractivity contribution in [2.24, 2.45) is 11.5 Å². The Morgan fingerprint density at radius 2 is 1.60 bits per heavy atom. The Kier molecular flexibility index (Phi) is 12.7. The van der Waals surface area contributed by atoms with Gasteiger partial charge in [0.1, 0.15) is 0 Å². The zero-order valence-electron chi connectivity index (χ0n) is 13.3. The number of hydrogen-bond acceptors (Lipinski definition) is 6. The quantitative estimate of drug-likeness (QED) is 0.323. The third kappa shape index (κ3) is 9.01. The van der Waals surface area contributed by atoms with Crippen molar-refractivity contribution in [3.63, 3.8) is 0 Å². The van der Waals surface area contributed by atoms with E-state index < -0.39 is 8.80 Å². The van der Waals surface area contributed by atoms with E-state index in [1.807, 2.05) is 20.8 Å². The predicted molar refractivity (Wildman–Crippen MR) is 84.6 cm³/mol. The van der Waals surface area contributed by atoms with Crippen LogP contribution in [-0.2, 0) is 13.3 Å². The molecule has 7 heteroatoms. The summed E-state index contributed by atoms with van der Waals surface area (Å²) in [5.41, 5.74) is 11.4. The van der Waals surface area contributed by atoms with Gasteiger partial charge in [0, 0.05) is 38.5 Å². The van der Waals surface area contributed by atoms with Crippen LogP contribution in [-0.4, -0.2) is 54.3 Å². The first-order valence-corrected chi connectivity index (χ1v) is 9.65. The standard InChI is InChI=1S/C13H33N3O3Si/c1-4-17-20(18-5-2,19-6-3)11-7-10-16-12-13(15)8-9-14/h13,16H,4-12,14-15H2,1-3H3. The van der Waals surface area contributed by atoms with Gasteiger partial charge in [-0.1, -0.05) is 0 Å². The number of rotatable bonds is 14. The van der Waals surface area contributed by atoms with Gasteiger partial charge in [-0.25, -0.2) is 0 Å². The fourth-order valence-corrected chi connectivity index (χ4v) is 4.65. The first-order chi connectivity index (χ1) is 9.64. The monoisotopic (exact) mass is 307 g/mol. The minimum atomic E-state index is -2.48. The second-order valence-electron chi connectivity index (χ2n) is 4.63. The SMILES string of the molecule is CCO[Si](CCCNCC(N)CCN)(OCC)OCC. The lowest BCUT2D eigenvalue weighted by Crippen LogP contribution is -2.46. The highest BCUT2D eigenvalue weighted by atomic mass is 28.4. The summed E-state index contributed by atoms with van der Waals surface area (Å²) >= 11 is 0. The molecule has 0 saturated heterocycles. The molecule has 20 heavy (non-hydrogen) atoms. The maximum Gasteiger partial charge on any atom is 0.500 e. The van der Waals surface area contributed by atoms with Crippen molar-refractivity contribution in [3.05, 3.63) is 0 Å². The highest BCUT2D eigenvalue weighted by Gasteiger charge is 2.39. The lowest BCUT2D eigenvalue weighted by Gasteiger charge is -2.28. The van der Waals surface area contributed by atoms with Crippen molar-refractivity contribution in [3.8, 4) is 0 Å². The third-order valence-electron chi connectivity index (χ3n) is 2.87. The average molecular weight is 308 g/mol. The van der Waals surface area contributed by atoms with Gasteiger partial charge in [-0.15, -0.1) is 0 Å². The minimum Gasteiger partial charge on any atom is -0.374 e. The third-order valence-corrected chi connectivity index (χ3v) is 6.02. The van der Waals surface area contributed by atoms with Crippen LogP contribution < -0.4 is 16.8 Å². The molecule has 0 bridgehead atoms. The highest BCUT2D eigenvalue weighted by molar-refractivity contribution is 6.60. The smallest absolute Gasteiger partial charge is 0.374 e. The summed E-state index contributed by atoms with van der Waals surface area (Å²) in [6.45, 7) is 10.1. The van der Waals surface area contributed by atoms with Gasteiger partial charge >= 0.3 is 8.80 Å². The van der Waals surface area contributed by atoms with Crippen LogP contribution in [0.3, 0.4) is 0 Å². The van der Waals surface area contributed by atoms with Crippen LogP contribution in [0, 0.1) is 0 Å². The Balaban J connectivity index is 3.99. The first kappa shape index (κ1) is 20.0. The maximum absolute atomic E-state index is 5.89. The number of nitrogens with two attached hydrogens (primary N) is 2. The molecule has 0 aliphatic rings. The number of hydrogen-bond donors (Lipinski definition) is 3. The largest absolute Gasteiger partial charge is 0.500 e. The van der Waals surface area contributed by atoms with E-state index in [2.05, 4.69) is 5.32 Å². The van der Waals surface area contributed by atoms with Gasteiger partial charge in [0.2, 0.25) is 0 Å². The summed E-state index contributed by atoms with van der Waals surface area (Å²) in [5, 5.41) is 3.34. The van der Waals surface area contributed by atoms with Gasteiger partial charge in [-0.05, 0) is 46.7 Å². The number of nitrogens with one attached hydrogen (secondary N) is 1. The summed E-state index contributed by atoms with van der Waals surface area (Å²) < 4.78 is 17.4. The zero-order chi connectivity index (χ0) is 15.3. The van der Waals surface area contributed by atoms with Crippen molar-refractivity contribution >= 4 is 8.80 Å².